The fourth-order valence-electron chi connectivity index (χ4n) is 2.38. The Morgan fingerprint density at radius 2 is 2.00 bits per heavy atom. The fraction of sp³-hybridized carbons (Fsp3) is 1.00. The van der Waals surface area contributed by atoms with Crippen molar-refractivity contribution >= 4 is 0 Å². The van der Waals surface area contributed by atoms with E-state index in [1.165, 1.54) is 25.9 Å². The maximum absolute atomic E-state index is 3.73. The molecule has 0 saturated carbocycles. The van der Waals surface area contributed by atoms with Crippen LogP contribution in [0.3, 0.4) is 0 Å². The number of rotatable bonds is 4. The van der Waals surface area contributed by atoms with Crippen molar-refractivity contribution in [1.82, 2.24) is 10.2 Å². The van der Waals surface area contributed by atoms with Crippen molar-refractivity contribution in [1.29, 1.82) is 0 Å². The Hall–Kier alpha value is -0.0800. The molecule has 1 N–H and O–H groups in total. The first-order valence-electron chi connectivity index (χ1n) is 6.44. The van der Waals surface area contributed by atoms with Crippen LogP contribution in [-0.4, -0.2) is 37.1 Å². The van der Waals surface area contributed by atoms with Gasteiger partial charge in [0.2, 0.25) is 0 Å². The summed E-state index contributed by atoms with van der Waals surface area (Å²) in [4.78, 5) is 2.48. The summed E-state index contributed by atoms with van der Waals surface area (Å²) in [7, 11) is 2.24. The topological polar surface area (TPSA) is 15.3 Å². The zero-order chi connectivity index (χ0) is 11.4. The molecule has 1 saturated heterocycles. The summed E-state index contributed by atoms with van der Waals surface area (Å²) in [6.45, 7) is 11.7. The van der Waals surface area contributed by atoms with Gasteiger partial charge in [0.05, 0.1) is 0 Å². The average molecular weight is 212 g/mol. The van der Waals surface area contributed by atoms with E-state index in [1.807, 2.05) is 0 Å². The molecule has 0 aromatic carbocycles. The van der Waals surface area contributed by atoms with Crippen molar-refractivity contribution in [3.05, 3.63) is 0 Å². The van der Waals surface area contributed by atoms with E-state index in [1.54, 1.807) is 0 Å². The Bertz CT molecular complexity index is 179. The number of piperidine rings is 1. The molecule has 0 spiro atoms. The van der Waals surface area contributed by atoms with Crippen molar-refractivity contribution in [3.63, 3.8) is 0 Å². The SMILES string of the molecule is CC(C)CCNC1CC(C)N(C)CC1C. The second kappa shape index (κ2) is 5.86. The predicted octanol–water partition coefficient (Wildman–Crippen LogP) is 2.35. The van der Waals surface area contributed by atoms with Gasteiger partial charge >= 0.3 is 0 Å². The van der Waals surface area contributed by atoms with Gasteiger partial charge < -0.3 is 10.2 Å². The maximum atomic E-state index is 3.73. The maximum Gasteiger partial charge on any atom is 0.0120 e. The molecule has 15 heavy (non-hydrogen) atoms. The van der Waals surface area contributed by atoms with E-state index in [9.17, 15) is 0 Å². The van der Waals surface area contributed by atoms with Gasteiger partial charge in [-0.05, 0) is 45.2 Å². The molecule has 1 rings (SSSR count). The highest BCUT2D eigenvalue weighted by Crippen LogP contribution is 2.20. The summed E-state index contributed by atoms with van der Waals surface area (Å²) in [5.74, 6) is 1.61. The Labute approximate surface area is 95.4 Å². The minimum atomic E-state index is 0.731. The van der Waals surface area contributed by atoms with Crippen LogP contribution in [0.4, 0.5) is 0 Å². The molecule has 2 heteroatoms. The number of nitrogens with zero attached hydrogens (tertiary/aromatic N) is 1. The van der Waals surface area contributed by atoms with Crippen molar-refractivity contribution in [2.45, 2.75) is 52.6 Å². The summed E-state index contributed by atoms with van der Waals surface area (Å²) in [6, 6.07) is 1.47. The van der Waals surface area contributed by atoms with E-state index in [0.717, 1.165) is 23.9 Å². The summed E-state index contributed by atoms with van der Waals surface area (Å²) >= 11 is 0. The normalized spacial score (nSPS) is 33.6. The van der Waals surface area contributed by atoms with Gasteiger partial charge in [-0.3, -0.25) is 0 Å². The van der Waals surface area contributed by atoms with Crippen LogP contribution in [0.2, 0.25) is 0 Å². The van der Waals surface area contributed by atoms with Gasteiger partial charge in [-0.25, -0.2) is 0 Å². The first-order valence-corrected chi connectivity index (χ1v) is 6.44. The van der Waals surface area contributed by atoms with E-state index < -0.39 is 0 Å². The lowest BCUT2D eigenvalue weighted by atomic mass is 9.89. The third-order valence-corrected chi connectivity index (χ3v) is 3.74. The second-order valence-corrected chi connectivity index (χ2v) is 5.74. The summed E-state index contributed by atoms with van der Waals surface area (Å²) in [6.07, 6.45) is 2.60. The molecule has 0 aromatic heterocycles. The minimum absolute atomic E-state index is 0.731. The van der Waals surface area contributed by atoms with Gasteiger partial charge in [0.15, 0.2) is 0 Å². The third kappa shape index (κ3) is 4.12. The largest absolute Gasteiger partial charge is 0.314 e. The highest BCUT2D eigenvalue weighted by molar-refractivity contribution is 4.85. The van der Waals surface area contributed by atoms with Crippen molar-refractivity contribution in [2.24, 2.45) is 11.8 Å². The standard InChI is InChI=1S/C13H28N2/c1-10(2)6-7-14-13-8-12(4)15(5)9-11(13)3/h10-14H,6-9H2,1-5H3. The molecular formula is C13H28N2. The van der Waals surface area contributed by atoms with Gasteiger partial charge in [0, 0.05) is 18.6 Å². The van der Waals surface area contributed by atoms with Crippen molar-refractivity contribution < 1.29 is 0 Å². The zero-order valence-electron chi connectivity index (χ0n) is 11.1. The monoisotopic (exact) mass is 212 g/mol. The van der Waals surface area contributed by atoms with Crippen LogP contribution in [0.25, 0.3) is 0 Å². The van der Waals surface area contributed by atoms with Gasteiger partial charge in [0.25, 0.3) is 0 Å². The summed E-state index contributed by atoms with van der Waals surface area (Å²) in [5, 5.41) is 3.73. The van der Waals surface area contributed by atoms with E-state index in [-0.39, 0.29) is 0 Å². The molecule has 0 aromatic rings. The lowest BCUT2D eigenvalue weighted by molar-refractivity contribution is 0.121. The van der Waals surface area contributed by atoms with E-state index in [4.69, 9.17) is 0 Å². The van der Waals surface area contributed by atoms with Gasteiger partial charge in [0.1, 0.15) is 0 Å². The Balaban J connectivity index is 2.28. The zero-order valence-corrected chi connectivity index (χ0v) is 11.1. The first-order chi connectivity index (χ1) is 7.00. The van der Waals surface area contributed by atoms with Gasteiger partial charge in [-0.2, -0.15) is 0 Å². The fourth-order valence-corrected chi connectivity index (χ4v) is 2.38. The quantitative estimate of drug-likeness (QED) is 0.769. The third-order valence-electron chi connectivity index (χ3n) is 3.74. The first kappa shape index (κ1) is 13.0. The van der Waals surface area contributed by atoms with Gasteiger partial charge in [-0.15, -0.1) is 0 Å². The molecule has 2 nitrogen and oxygen atoms in total. The van der Waals surface area contributed by atoms with E-state index in [0.29, 0.717) is 0 Å². The number of hydrogen-bond donors (Lipinski definition) is 1. The number of nitrogens with one attached hydrogen (secondary N) is 1. The molecule has 1 fully saturated rings. The molecule has 3 unspecified atom stereocenters. The van der Waals surface area contributed by atoms with Crippen LogP contribution in [0.1, 0.15) is 40.5 Å². The highest BCUT2D eigenvalue weighted by atomic mass is 15.2. The molecule has 1 heterocycles. The molecule has 0 radical (unpaired) electrons. The van der Waals surface area contributed by atoms with Crippen LogP contribution in [0.15, 0.2) is 0 Å². The summed E-state index contributed by atoms with van der Waals surface area (Å²) < 4.78 is 0. The molecule has 0 aliphatic carbocycles. The Morgan fingerprint density at radius 3 is 2.60 bits per heavy atom. The highest BCUT2D eigenvalue weighted by Gasteiger charge is 2.28. The van der Waals surface area contributed by atoms with Crippen molar-refractivity contribution in [2.75, 3.05) is 20.1 Å². The molecule has 1 aliphatic rings. The number of hydrogen-bond acceptors (Lipinski definition) is 2. The molecule has 1 aliphatic heterocycles. The van der Waals surface area contributed by atoms with Crippen LogP contribution in [0.5, 0.6) is 0 Å². The molecule has 0 amide bonds. The van der Waals surface area contributed by atoms with E-state index in [2.05, 4.69) is 45.0 Å². The number of likely N-dealkylation sites (tertiary alicyclic amines) is 1. The molecule has 90 valence electrons. The lowest BCUT2D eigenvalue weighted by Crippen LogP contribution is -2.51. The van der Waals surface area contributed by atoms with Crippen LogP contribution < -0.4 is 5.32 Å². The Kier molecular flexibility index (Phi) is 5.07. The molecular weight excluding hydrogens is 184 g/mol. The van der Waals surface area contributed by atoms with E-state index >= 15 is 0 Å². The van der Waals surface area contributed by atoms with Crippen LogP contribution in [0, 0.1) is 11.8 Å². The molecule has 0 bridgehead atoms. The summed E-state index contributed by atoms with van der Waals surface area (Å²) in [5.41, 5.74) is 0. The van der Waals surface area contributed by atoms with Crippen LogP contribution in [-0.2, 0) is 0 Å². The second-order valence-electron chi connectivity index (χ2n) is 5.74. The van der Waals surface area contributed by atoms with Gasteiger partial charge in [-0.1, -0.05) is 20.8 Å². The minimum Gasteiger partial charge on any atom is -0.314 e. The van der Waals surface area contributed by atoms with Crippen LogP contribution >= 0.6 is 0 Å². The average Bonchev–Trinajstić information content (AvgIpc) is 2.13. The smallest absolute Gasteiger partial charge is 0.0120 e. The Morgan fingerprint density at radius 1 is 1.33 bits per heavy atom. The lowest BCUT2D eigenvalue weighted by Gasteiger charge is -2.40. The van der Waals surface area contributed by atoms with Crippen molar-refractivity contribution in [3.8, 4) is 0 Å². The predicted molar refractivity (Wildman–Crippen MR) is 67.1 cm³/mol. The molecule has 3 atom stereocenters.